The molecule has 2 amide bonds. The predicted octanol–water partition coefficient (Wildman–Crippen LogP) is 3.15. The molecule has 0 radical (unpaired) electrons. The van der Waals surface area contributed by atoms with Gasteiger partial charge in [0.05, 0.1) is 0 Å². The van der Waals surface area contributed by atoms with Crippen LogP contribution in [0.5, 0.6) is 0 Å². The minimum absolute atomic E-state index is 0.00742. The van der Waals surface area contributed by atoms with Gasteiger partial charge in [-0.25, -0.2) is 0 Å². The van der Waals surface area contributed by atoms with Crippen LogP contribution in [0.25, 0.3) is 0 Å². The summed E-state index contributed by atoms with van der Waals surface area (Å²) in [6, 6.07) is 7.06. The van der Waals surface area contributed by atoms with Gasteiger partial charge in [0.1, 0.15) is 0 Å². The molecule has 0 heterocycles. The van der Waals surface area contributed by atoms with Crippen LogP contribution in [0.3, 0.4) is 0 Å². The van der Waals surface area contributed by atoms with E-state index in [1.54, 1.807) is 29.2 Å². The van der Waals surface area contributed by atoms with Gasteiger partial charge in [-0.2, -0.15) is 0 Å². The summed E-state index contributed by atoms with van der Waals surface area (Å²) in [5.74, 6) is 0.0251. The van der Waals surface area contributed by atoms with Gasteiger partial charge in [0, 0.05) is 30.3 Å². The van der Waals surface area contributed by atoms with Crippen LogP contribution in [-0.4, -0.2) is 29.8 Å². The smallest absolute Gasteiger partial charge is 0.253 e. The Labute approximate surface area is 121 Å². The molecule has 1 unspecified atom stereocenters. The number of anilines is 1. The van der Waals surface area contributed by atoms with Gasteiger partial charge in [-0.15, -0.1) is 0 Å². The van der Waals surface area contributed by atoms with Crippen LogP contribution >= 0.6 is 0 Å². The van der Waals surface area contributed by atoms with Crippen molar-refractivity contribution in [3.63, 3.8) is 0 Å². The fraction of sp³-hybridized carbons (Fsp3) is 0.500. The van der Waals surface area contributed by atoms with Crippen molar-refractivity contribution in [2.75, 3.05) is 18.4 Å². The largest absolute Gasteiger partial charge is 0.339 e. The molecule has 0 saturated carbocycles. The normalized spacial score (nSPS) is 11.8. The lowest BCUT2D eigenvalue weighted by molar-refractivity contribution is -0.119. The molecule has 4 heteroatoms. The van der Waals surface area contributed by atoms with Crippen molar-refractivity contribution >= 4 is 17.5 Å². The molecule has 0 saturated heterocycles. The maximum absolute atomic E-state index is 12.1. The van der Waals surface area contributed by atoms with Gasteiger partial charge in [-0.3, -0.25) is 9.59 Å². The highest BCUT2D eigenvalue weighted by atomic mass is 16.2. The van der Waals surface area contributed by atoms with Crippen LogP contribution in [0.2, 0.25) is 0 Å². The Morgan fingerprint density at radius 3 is 2.10 bits per heavy atom. The molecule has 1 rings (SSSR count). The monoisotopic (exact) mass is 276 g/mol. The highest BCUT2D eigenvalue weighted by Crippen LogP contribution is 2.13. The molecule has 110 valence electrons. The molecule has 0 aliphatic rings. The standard InChI is InChI=1S/C16H24N2O2/c1-5-12(4)15(19)17-14-10-8-13(9-11-14)16(20)18(6-2)7-3/h8-12H,5-7H2,1-4H3,(H,17,19). The van der Waals surface area contributed by atoms with Crippen LogP contribution < -0.4 is 5.32 Å². The van der Waals surface area contributed by atoms with Gasteiger partial charge in [-0.05, 0) is 44.5 Å². The number of hydrogen-bond acceptors (Lipinski definition) is 2. The van der Waals surface area contributed by atoms with E-state index in [9.17, 15) is 9.59 Å². The maximum Gasteiger partial charge on any atom is 0.253 e. The third kappa shape index (κ3) is 4.08. The number of rotatable bonds is 6. The lowest BCUT2D eigenvalue weighted by Crippen LogP contribution is -2.30. The van der Waals surface area contributed by atoms with Crippen molar-refractivity contribution in [1.29, 1.82) is 0 Å². The van der Waals surface area contributed by atoms with Crippen molar-refractivity contribution in [1.82, 2.24) is 4.90 Å². The second-order valence-electron chi connectivity index (χ2n) is 4.85. The molecule has 0 aromatic heterocycles. The summed E-state index contributed by atoms with van der Waals surface area (Å²) in [4.78, 5) is 25.7. The molecule has 1 N–H and O–H groups in total. The summed E-state index contributed by atoms with van der Waals surface area (Å²) in [6.45, 7) is 9.19. The number of hydrogen-bond donors (Lipinski definition) is 1. The second-order valence-corrected chi connectivity index (χ2v) is 4.85. The van der Waals surface area contributed by atoms with E-state index in [0.29, 0.717) is 18.7 Å². The second kappa shape index (κ2) is 7.68. The zero-order valence-corrected chi connectivity index (χ0v) is 12.8. The molecule has 1 atom stereocenters. The molecule has 0 aliphatic carbocycles. The van der Waals surface area contributed by atoms with Gasteiger partial charge in [0.25, 0.3) is 5.91 Å². The molecule has 1 aromatic rings. The molecule has 0 bridgehead atoms. The first-order valence-electron chi connectivity index (χ1n) is 7.23. The number of nitrogens with one attached hydrogen (secondary N) is 1. The summed E-state index contributed by atoms with van der Waals surface area (Å²) in [7, 11) is 0. The van der Waals surface area contributed by atoms with Gasteiger partial charge < -0.3 is 10.2 Å². The summed E-state index contributed by atoms with van der Waals surface area (Å²) in [5, 5.41) is 2.85. The van der Waals surface area contributed by atoms with E-state index in [1.165, 1.54) is 0 Å². The summed E-state index contributed by atoms with van der Waals surface area (Å²) < 4.78 is 0. The Bertz CT molecular complexity index is 450. The van der Waals surface area contributed by atoms with E-state index < -0.39 is 0 Å². The minimum atomic E-state index is -0.00742. The Hall–Kier alpha value is -1.84. The van der Waals surface area contributed by atoms with Crippen LogP contribution in [0, 0.1) is 5.92 Å². The Kier molecular flexibility index (Phi) is 6.22. The summed E-state index contributed by atoms with van der Waals surface area (Å²) in [5.41, 5.74) is 1.38. The maximum atomic E-state index is 12.1. The van der Waals surface area contributed by atoms with Crippen LogP contribution in [0.15, 0.2) is 24.3 Å². The van der Waals surface area contributed by atoms with E-state index in [0.717, 1.165) is 12.1 Å². The highest BCUT2D eigenvalue weighted by Gasteiger charge is 2.13. The molecule has 0 aliphatic heterocycles. The van der Waals surface area contributed by atoms with E-state index in [2.05, 4.69) is 5.32 Å². The Morgan fingerprint density at radius 1 is 1.10 bits per heavy atom. The molecule has 1 aromatic carbocycles. The lowest BCUT2D eigenvalue weighted by atomic mass is 10.1. The van der Waals surface area contributed by atoms with Crippen molar-refractivity contribution in [3.05, 3.63) is 29.8 Å². The first-order chi connectivity index (χ1) is 9.53. The molecule has 20 heavy (non-hydrogen) atoms. The number of carbonyl (C=O) groups excluding carboxylic acids is 2. The minimum Gasteiger partial charge on any atom is -0.339 e. The van der Waals surface area contributed by atoms with Gasteiger partial charge in [0.15, 0.2) is 0 Å². The third-order valence-corrected chi connectivity index (χ3v) is 3.51. The average Bonchev–Trinajstić information content (AvgIpc) is 2.48. The Balaban J connectivity index is 2.74. The number of carbonyl (C=O) groups is 2. The van der Waals surface area contributed by atoms with Gasteiger partial charge >= 0.3 is 0 Å². The van der Waals surface area contributed by atoms with Crippen LogP contribution in [-0.2, 0) is 4.79 Å². The first kappa shape index (κ1) is 16.2. The molecule has 0 fully saturated rings. The lowest BCUT2D eigenvalue weighted by Gasteiger charge is -2.18. The molecule has 0 spiro atoms. The molecular weight excluding hydrogens is 252 g/mol. The van der Waals surface area contributed by atoms with Gasteiger partial charge in [0.2, 0.25) is 5.91 Å². The summed E-state index contributed by atoms with van der Waals surface area (Å²) in [6.07, 6.45) is 0.810. The zero-order valence-electron chi connectivity index (χ0n) is 12.8. The SMILES string of the molecule is CCC(C)C(=O)Nc1ccc(C(=O)N(CC)CC)cc1. The van der Waals surface area contributed by atoms with E-state index >= 15 is 0 Å². The first-order valence-corrected chi connectivity index (χ1v) is 7.23. The number of benzene rings is 1. The van der Waals surface area contributed by atoms with Crippen molar-refractivity contribution < 1.29 is 9.59 Å². The number of amides is 2. The van der Waals surface area contributed by atoms with Gasteiger partial charge in [-0.1, -0.05) is 13.8 Å². The van der Waals surface area contributed by atoms with E-state index in [4.69, 9.17) is 0 Å². The third-order valence-electron chi connectivity index (χ3n) is 3.51. The number of nitrogens with zero attached hydrogens (tertiary/aromatic N) is 1. The van der Waals surface area contributed by atoms with E-state index in [-0.39, 0.29) is 17.7 Å². The predicted molar refractivity (Wildman–Crippen MR) is 81.8 cm³/mol. The Morgan fingerprint density at radius 2 is 1.65 bits per heavy atom. The molecule has 4 nitrogen and oxygen atoms in total. The topological polar surface area (TPSA) is 49.4 Å². The highest BCUT2D eigenvalue weighted by molar-refractivity contribution is 5.96. The fourth-order valence-electron chi connectivity index (χ4n) is 1.84. The van der Waals surface area contributed by atoms with Crippen LogP contribution in [0.1, 0.15) is 44.5 Å². The molecular formula is C16H24N2O2. The van der Waals surface area contributed by atoms with Crippen molar-refractivity contribution in [2.24, 2.45) is 5.92 Å². The summed E-state index contributed by atoms with van der Waals surface area (Å²) >= 11 is 0. The van der Waals surface area contributed by atoms with E-state index in [1.807, 2.05) is 27.7 Å². The van der Waals surface area contributed by atoms with Crippen molar-refractivity contribution in [3.8, 4) is 0 Å². The average molecular weight is 276 g/mol. The quantitative estimate of drug-likeness (QED) is 0.867. The van der Waals surface area contributed by atoms with Crippen molar-refractivity contribution in [2.45, 2.75) is 34.1 Å². The fourth-order valence-corrected chi connectivity index (χ4v) is 1.84. The zero-order chi connectivity index (χ0) is 15.1. The van der Waals surface area contributed by atoms with Crippen LogP contribution in [0.4, 0.5) is 5.69 Å².